The van der Waals surface area contributed by atoms with Crippen LogP contribution < -0.4 is 5.73 Å². The van der Waals surface area contributed by atoms with Crippen LogP contribution >= 0.6 is 0 Å². The Balaban J connectivity index is 1.82. The van der Waals surface area contributed by atoms with Crippen molar-refractivity contribution in [3.05, 3.63) is 11.6 Å². The molecule has 19 heavy (non-hydrogen) atoms. The lowest BCUT2D eigenvalue weighted by molar-refractivity contribution is 0.409. The average Bonchev–Trinajstić information content (AvgIpc) is 2.48. The van der Waals surface area contributed by atoms with Gasteiger partial charge in [-0.3, -0.25) is 0 Å². The molecule has 0 amide bonds. The molecule has 0 atom stereocenters. The van der Waals surface area contributed by atoms with Gasteiger partial charge in [0.05, 0.1) is 0 Å². The number of nitrogens with two attached hydrogens (primary N) is 1. The van der Waals surface area contributed by atoms with Crippen LogP contribution in [0.3, 0.4) is 0 Å². The average molecular weight is 260 g/mol. The first kappa shape index (κ1) is 12.8. The fraction of sp³-hybridized carbons (Fsp3) is 0.800. The molecule has 3 rings (SSSR count). The monoisotopic (exact) mass is 260 g/mol. The van der Waals surface area contributed by atoms with Gasteiger partial charge in [-0.15, -0.1) is 0 Å². The van der Waals surface area contributed by atoms with Crippen molar-refractivity contribution in [1.29, 1.82) is 0 Å². The summed E-state index contributed by atoms with van der Waals surface area (Å²) >= 11 is 0. The largest absolute Gasteiger partial charge is 0.368 e. The molecule has 1 aromatic rings. The van der Waals surface area contributed by atoms with E-state index in [9.17, 15) is 0 Å². The van der Waals surface area contributed by atoms with Crippen LogP contribution in [0.2, 0.25) is 0 Å². The molecule has 104 valence electrons. The second kappa shape index (κ2) is 5.85. The van der Waals surface area contributed by atoms with E-state index in [1.807, 2.05) is 0 Å². The molecule has 0 radical (unpaired) electrons. The van der Waals surface area contributed by atoms with E-state index in [0.29, 0.717) is 17.8 Å². The maximum Gasteiger partial charge on any atom is 0.223 e. The summed E-state index contributed by atoms with van der Waals surface area (Å²) in [6.07, 6.45) is 12.8. The van der Waals surface area contributed by atoms with Crippen molar-refractivity contribution in [2.45, 2.75) is 76.0 Å². The van der Waals surface area contributed by atoms with Crippen molar-refractivity contribution in [2.75, 3.05) is 5.73 Å². The molecule has 2 N–H and O–H groups in total. The summed E-state index contributed by atoms with van der Waals surface area (Å²) in [6, 6.07) is 0. The zero-order valence-corrected chi connectivity index (χ0v) is 11.6. The van der Waals surface area contributed by atoms with Gasteiger partial charge < -0.3 is 5.73 Å². The molecule has 4 heteroatoms. The van der Waals surface area contributed by atoms with E-state index < -0.39 is 0 Å². The second-order valence-electron chi connectivity index (χ2n) is 6.08. The van der Waals surface area contributed by atoms with Crippen LogP contribution in [-0.2, 0) is 0 Å². The minimum Gasteiger partial charge on any atom is -0.368 e. The molecule has 2 aliphatic carbocycles. The predicted molar refractivity (Wildman–Crippen MR) is 75.9 cm³/mol. The molecule has 4 nitrogen and oxygen atoms in total. The van der Waals surface area contributed by atoms with Gasteiger partial charge in [-0.2, -0.15) is 9.97 Å². The molecule has 2 aliphatic rings. The van der Waals surface area contributed by atoms with E-state index in [-0.39, 0.29) is 0 Å². The van der Waals surface area contributed by atoms with Crippen molar-refractivity contribution < 1.29 is 0 Å². The van der Waals surface area contributed by atoms with Gasteiger partial charge in [0.25, 0.3) is 0 Å². The highest BCUT2D eigenvalue weighted by Crippen LogP contribution is 2.34. The summed E-state index contributed by atoms with van der Waals surface area (Å²) in [5, 5.41) is 0. The van der Waals surface area contributed by atoms with Crippen molar-refractivity contribution in [3.63, 3.8) is 0 Å². The highest BCUT2D eigenvalue weighted by Gasteiger charge is 2.23. The Morgan fingerprint density at radius 2 is 1.05 bits per heavy atom. The topological polar surface area (TPSA) is 64.7 Å². The van der Waals surface area contributed by atoms with E-state index in [1.165, 1.54) is 64.2 Å². The van der Waals surface area contributed by atoms with Gasteiger partial charge in [-0.05, 0) is 25.7 Å². The summed E-state index contributed by atoms with van der Waals surface area (Å²) in [5.74, 6) is 3.39. The number of nitrogens with zero attached hydrogens (tertiary/aromatic N) is 3. The zero-order valence-electron chi connectivity index (χ0n) is 11.6. The normalized spacial score (nSPS) is 22.5. The third-order valence-corrected chi connectivity index (χ3v) is 4.63. The minimum atomic E-state index is 0.427. The molecule has 0 spiro atoms. The Morgan fingerprint density at radius 3 is 1.47 bits per heavy atom. The highest BCUT2D eigenvalue weighted by atomic mass is 15.1. The Hall–Kier alpha value is -1.19. The summed E-state index contributed by atoms with van der Waals surface area (Å²) in [6.45, 7) is 0. The first-order valence-electron chi connectivity index (χ1n) is 7.84. The lowest BCUT2D eigenvalue weighted by Crippen LogP contribution is -2.16. The first-order chi connectivity index (χ1) is 9.33. The van der Waals surface area contributed by atoms with E-state index in [1.54, 1.807) is 0 Å². The zero-order chi connectivity index (χ0) is 13.1. The van der Waals surface area contributed by atoms with Crippen LogP contribution in [0, 0.1) is 0 Å². The lowest BCUT2D eigenvalue weighted by atomic mass is 9.87. The van der Waals surface area contributed by atoms with Gasteiger partial charge in [-0.1, -0.05) is 38.5 Å². The summed E-state index contributed by atoms with van der Waals surface area (Å²) in [5.41, 5.74) is 5.91. The minimum absolute atomic E-state index is 0.427. The van der Waals surface area contributed by atoms with Crippen molar-refractivity contribution >= 4 is 5.95 Å². The fourth-order valence-electron chi connectivity index (χ4n) is 3.51. The lowest BCUT2D eigenvalue weighted by Gasteiger charge is -2.23. The molecular formula is C15H24N4. The van der Waals surface area contributed by atoms with Crippen LogP contribution in [0.25, 0.3) is 0 Å². The van der Waals surface area contributed by atoms with Crippen molar-refractivity contribution in [2.24, 2.45) is 0 Å². The molecule has 0 aromatic carbocycles. The molecule has 0 bridgehead atoms. The Morgan fingerprint density at radius 1 is 0.632 bits per heavy atom. The van der Waals surface area contributed by atoms with Crippen LogP contribution in [-0.4, -0.2) is 15.0 Å². The SMILES string of the molecule is Nc1nc(C2CCCCC2)nc(C2CCCCC2)n1. The Bertz CT molecular complexity index is 384. The molecular weight excluding hydrogens is 236 g/mol. The van der Waals surface area contributed by atoms with Gasteiger partial charge >= 0.3 is 0 Å². The van der Waals surface area contributed by atoms with Gasteiger partial charge in [0.2, 0.25) is 5.95 Å². The quantitative estimate of drug-likeness (QED) is 0.883. The molecule has 2 fully saturated rings. The van der Waals surface area contributed by atoms with Crippen LogP contribution in [0.15, 0.2) is 0 Å². The summed E-state index contributed by atoms with van der Waals surface area (Å²) in [4.78, 5) is 13.6. The number of hydrogen-bond donors (Lipinski definition) is 1. The number of aromatic nitrogens is 3. The standard InChI is InChI=1S/C15H24N4/c16-15-18-13(11-7-3-1-4-8-11)17-14(19-15)12-9-5-2-6-10-12/h11-12H,1-10H2,(H2,16,17,18,19). The van der Waals surface area contributed by atoms with E-state index in [4.69, 9.17) is 10.7 Å². The van der Waals surface area contributed by atoms with Gasteiger partial charge in [-0.25, -0.2) is 4.98 Å². The fourth-order valence-corrected chi connectivity index (χ4v) is 3.51. The van der Waals surface area contributed by atoms with Crippen LogP contribution in [0.4, 0.5) is 5.95 Å². The summed E-state index contributed by atoms with van der Waals surface area (Å²) < 4.78 is 0. The van der Waals surface area contributed by atoms with Crippen molar-refractivity contribution in [3.8, 4) is 0 Å². The van der Waals surface area contributed by atoms with Gasteiger partial charge in [0.15, 0.2) is 0 Å². The Labute approximate surface area is 115 Å². The molecule has 1 aromatic heterocycles. The third kappa shape index (κ3) is 3.04. The third-order valence-electron chi connectivity index (χ3n) is 4.63. The number of anilines is 1. The van der Waals surface area contributed by atoms with Gasteiger partial charge in [0.1, 0.15) is 11.6 Å². The smallest absolute Gasteiger partial charge is 0.223 e. The molecule has 0 saturated heterocycles. The van der Waals surface area contributed by atoms with E-state index >= 15 is 0 Å². The second-order valence-corrected chi connectivity index (χ2v) is 6.08. The maximum absolute atomic E-state index is 5.91. The van der Waals surface area contributed by atoms with Crippen LogP contribution in [0.5, 0.6) is 0 Å². The summed E-state index contributed by atoms with van der Waals surface area (Å²) in [7, 11) is 0. The number of hydrogen-bond acceptors (Lipinski definition) is 4. The van der Waals surface area contributed by atoms with E-state index in [2.05, 4.69) is 9.97 Å². The number of rotatable bonds is 2. The molecule has 0 aliphatic heterocycles. The van der Waals surface area contributed by atoms with E-state index in [0.717, 1.165) is 11.6 Å². The van der Waals surface area contributed by atoms with Gasteiger partial charge in [0, 0.05) is 11.8 Å². The highest BCUT2D eigenvalue weighted by molar-refractivity contribution is 5.19. The molecule has 0 unspecified atom stereocenters. The Kier molecular flexibility index (Phi) is 3.95. The van der Waals surface area contributed by atoms with Crippen molar-refractivity contribution in [1.82, 2.24) is 15.0 Å². The molecule has 1 heterocycles. The predicted octanol–water partition coefficient (Wildman–Crippen LogP) is 3.55. The van der Waals surface area contributed by atoms with Crippen LogP contribution in [0.1, 0.15) is 87.7 Å². The maximum atomic E-state index is 5.91. The number of nitrogen functional groups attached to an aromatic ring is 1. The first-order valence-corrected chi connectivity index (χ1v) is 7.84. The molecule has 2 saturated carbocycles.